The van der Waals surface area contributed by atoms with E-state index in [1.807, 2.05) is 74.4 Å². The van der Waals surface area contributed by atoms with Gasteiger partial charge >= 0.3 is 0 Å². The van der Waals surface area contributed by atoms with Crippen molar-refractivity contribution in [3.8, 4) is 0 Å². The van der Waals surface area contributed by atoms with Crippen LogP contribution in [0.4, 0.5) is 11.4 Å². The molecule has 5 heteroatoms. The number of aliphatic hydroxyl groups is 1. The Labute approximate surface area is 153 Å². The van der Waals surface area contributed by atoms with E-state index >= 15 is 0 Å². The SMILES string of the molecule is CC(=O)C1=C(O)C(=O)N(c2ccc(C)cc2)[C@H]1c1ccc(N(C)C)cc1. The van der Waals surface area contributed by atoms with Crippen molar-refractivity contribution in [2.75, 3.05) is 23.9 Å². The van der Waals surface area contributed by atoms with Crippen LogP contribution in [0.2, 0.25) is 0 Å². The zero-order valence-electron chi connectivity index (χ0n) is 15.4. The molecule has 1 atom stereocenters. The maximum Gasteiger partial charge on any atom is 0.294 e. The smallest absolute Gasteiger partial charge is 0.294 e. The first-order valence-electron chi connectivity index (χ1n) is 8.43. The van der Waals surface area contributed by atoms with Gasteiger partial charge in [-0.15, -0.1) is 0 Å². The molecule has 0 aromatic heterocycles. The molecule has 26 heavy (non-hydrogen) atoms. The van der Waals surface area contributed by atoms with E-state index in [4.69, 9.17) is 0 Å². The maximum atomic E-state index is 12.7. The van der Waals surface area contributed by atoms with Crippen LogP contribution in [-0.4, -0.2) is 30.9 Å². The number of amides is 1. The van der Waals surface area contributed by atoms with E-state index in [0.29, 0.717) is 5.69 Å². The molecule has 0 fully saturated rings. The number of Topliss-reactive ketones (excluding diaryl/α,β-unsaturated/α-hetero) is 1. The summed E-state index contributed by atoms with van der Waals surface area (Å²) in [6.07, 6.45) is 0. The molecular formula is C21H22N2O3. The number of benzene rings is 2. The van der Waals surface area contributed by atoms with Crippen molar-refractivity contribution in [1.29, 1.82) is 0 Å². The third kappa shape index (κ3) is 2.96. The van der Waals surface area contributed by atoms with E-state index in [2.05, 4.69) is 0 Å². The van der Waals surface area contributed by atoms with Crippen molar-refractivity contribution in [2.45, 2.75) is 19.9 Å². The Balaban J connectivity index is 2.12. The molecule has 0 spiro atoms. The summed E-state index contributed by atoms with van der Waals surface area (Å²) in [4.78, 5) is 28.4. The Hall–Kier alpha value is -3.08. The molecule has 0 bridgehead atoms. The van der Waals surface area contributed by atoms with Crippen molar-refractivity contribution in [3.63, 3.8) is 0 Å². The zero-order chi connectivity index (χ0) is 19.0. The van der Waals surface area contributed by atoms with Crippen LogP contribution >= 0.6 is 0 Å². The molecule has 0 saturated heterocycles. The van der Waals surface area contributed by atoms with Gasteiger partial charge in [0, 0.05) is 25.5 Å². The lowest BCUT2D eigenvalue weighted by Gasteiger charge is -2.27. The first-order valence-corrected chi connectivity index (χ1v) is 8.43. The summed E-state index contributed by atoms with van der Waals surface area (Å²) in [5.41, 5.74) is 3.63. The fourth-order valence-electron chi connectivity index (χ4n) is 3.21. The Morgan fingerprint density at radius 3 is 2.12 bits per heavy atom. The van der Waals surface area contributed by atoms with Crippen molar-refractivity contribution < 1.29 is 14.7 Å². The quantitative estimate of drug-likeness (QED) is 0.916. The van der Waals surface area contributed by atoms with Crippen LogP contribution in [0.3, 0.4) is 0 Å². The zero-order valence-corrected chi connectivity index (χ0v) is 15.4. The second-order valence-corrected chi connectivity index (χ2v) is 6.72. The monoisotopic (exact) mass is 350 g/mol. The average Bonchev–Trinajstić information content (AvgIpc) is 2.87. The van der Waals surface area contributed by atoms with Gasteiger partial charge in [-0.25, -0.2) is 0 Å². The van der Waals surface area contributed by atoms with E-state index < -0.39 is 17.7 Å². The number of carbonyl (C=O) groups is 2. The van der Waals surface area contributed by atoms with Crippen molar-refractivity contribution in [3.05, 3.63) is 71.0 Å². The van der Waals surface area contributed by atoms with E-state index in [1.165, 1.54) is 11.8 Å². The molecule has 1 heterocycles. The second-order valence-electron chi connectivity index (χ2n) is 6.72. The summed E-state index contributed by atoms with van der Waals surface area (Å²) in [5.74, 6) is -1.34. The molecule has 1 N–H and O–H groups in total. The van der Waals surface area contributed by atoms with Gasteiger partial charge in [-0.2, -0.15) is 0 Å². The molecule has 3 rings (SSSR count). The number of carbonyl (C=O) groups excluding carboxylic acids is 2. The third-order valence-corrected chi connectivity index (χ3v) is 4.62. The molecule has 1 aliphatic rings. The van der Waals surface area contributed by atoms with Crippen LogP contribution in [0.5, 0.6) is 0 Å². The minimum absolute atomic E-state index is 0.133. The summed E-state index contributed by atoms with van der Waals surface area (Å²) < 4.78 is 0. The highest BCUT2D eigenvalue weighted by atomic mass is 16.3. The predicted molar refractivity (Wildman–Crippen MR) is 103 cm³/mol. The van der Waals surface area contributed by atoms with Crippen LogP contribution in [0.25, 0.3) is 0 Å². The Kier molecular flexibility index (Phi) is 4.55. The Morgan fingerprint density at radius 1 is 1.04 bits per heavy atom. The lowest BCUT2D eigenvalue weighted by Crippen LogP contribution is -2.30. The Morgan fingerprint density at radius 2 is 1.62 bits per heavy atom. The summed E-state index contributed by atoms with van der Waals surface area (Å²) in [7, 11) is 3.89. The number of aryl methyl sites for hydroxylation is 1. The van der Waals surface area contributed by atoms with Gasteiger partial charge in [0.2, 0.25) is 0 Å². The lowest BCUT2D eigenvalue weighted by molar-refractivity contribution is -0.117. The first kappa shape index (κ1) is 17.7. The number of hydrogen-bond donors (Lipinski definition) is 1. The van der Waals surface area contributed by atoms with Gasteiger partial charge < -0.3 is 10.0 Å². The van der Waals surface area contributed by atoms with E-state index in [-0.39, 0.29) is 11.4 Å². The third-order valence-electron chi connectivity index (χ3n) is 4.62. The van der Waals surface area contributed by atoms with E-state index in [1.54, 1.807) is 0 Å². The molecule has 0 saturated carbocycles. The van der Waals surface area contributed by atoms with Gasteiger partial charge in [0.05, 0.1) is 11.6 Å². The summed E-state index contributed by atoms with van der Waals surface area (Å²) >= 11 is 0. The van der Waals surface area contributed by atoms with Gasteiger partial charge in [0.15, 0.2) is 11.5 Å². The second kappa shape index (κ2) is 6.67. The average molecular weight is 350 g/mol. The van der Waals surface area contributed by atoms with Gasteiger partial charge in [-0.05, 0) is 43.7 Å². The number of ketones is 1. The molecule has 1 aliphatic heterocycles. The molecule has 0 aliphatic carbocycles. The molecule has 0 radical (unpaired) electrons. The van der Waals surface area contributed by atoms with Crippen LogP contribution in [0.15, 0.2) is 59.9 Å². The molecular weight excluding hydrogens is 328 g/mol. The first-order chi connectivity index (χ1) is 12.3. The number of anilines is 2. The topological polar surface area (TPSA) is 60.9 Å². The maximum absolute atomic E-state index is 12.7. The fourth-order valence-corrected chi connectivity index (χ4v) is 3.21. The van der Waals surface area contributed by atoms with Crippen LogP contribution < -0.4 is 9.80 Å². The number of nitrogens with zero attached hydrogens (tertiary/aromatic N) is 2. The van der Waals surface area contributed by atoms with Gasteiger partial charge in [0.25, 0.3) is 5.91 Å². The van der Waals surface area contributed by atoms with Gasteiger partial charge in [-0.1, -0.05) is 29.8 Å². The molecule has 1 amide bonds. The van der Waals surface area contributed by atoms with Crippen LogP contribution in [0, 0.1) is 6.92 Å². The molecule has 0 unspecified atom stereocenters. The summed E-state index contributed by atoms with van der Waals surface area (Å²) in [6, 6.07) is 14.4. The normalized spacial score (nSPS) is 17.0. The Bertz CT molecular complexity index is 880. The largest absolute Gasteiger partial charge is 0.503 e. The van der Waals surface area contributed by atoms with Gasteiger partial charge in [0.1, 0.15) is 0 Å². The number of rotatable bonds is 4. The van der Waals surface area contributed by atoms with Crippen molar-refractivity contribution in [2.24, 2.45) is 0 Å². The van der Waals surface area contributed by atoms with Crippen molar-refractivity contribution >= 4 is 23.1 Å². The minimum Gasteiger partial charge on any atom is -0.503 e. The number of hydrogen-bond acceptors (Lipinski definition) is 4. The summed E-state index contributed by atoms with van der Waals surface area (Å²) in [6.45, 7) is 3.34. The highest BCUT2D eigenvalue weighted by molar-refractivity contribution is 6.16. The highest BCUT2D eigenvalue weighted by Crippen LogP contribution is 2.41. The fraction of sp³-hybridized carbons (Fsp3) is 0.238. The van der Waals surface area contributed by atoms with Crippen LogP contribution in [0.1, 0.15) is 24.1 Å². The number of aliphatic hydroxyl groups excluding tert-OH is 1. The molecule has 2 aromatic rings. The predicted octanol–water partition coefficient (Wildman–Crippen LogP) is 3.55. The lowest BCUT2D eigenvalue weighted by atomic mass is 9.96. The highest BCUT2D eigenvalue weighted by Gasteiger charge is 2.43. The molecule has 5 nitrogen and oxygen atoms in total. The summed E-state index contributed by atoms with van der Waals surface area (Å²) in [5, 5.41) is 10.3. The van der Waals surface area contributed by atoms with Crippen LogP contribution in [-0.2, 0) is 9.59 Å². The van der Waals surface area contributed by atoms with Gasteiger partial charge in [-0.3, -0.25) is 14.5 Å². The standard InChI is InChI=1S/C21H22N2O3/c1-13-5-9-17(10-6-13)23-19(18(14(2)24)20(25)21(23)26)15-7-11-16(12-8-15)22(3)4/h5-12,19,25H,1-4H3/t19-/m0/s1. The van der Waals surface area contributed by atoms with E-state index in [0.717, 1.165) is 16.8 Å². The van der Waals surface area contributed by atoms with Crippen molar-refractivity contribution in [1.82, 2.24) is 0 Å². The molecule has 134 valence electrons. The molecule has 2 aromatic carbocycles. The minimum atomic E-state index is -0.640. The van der Waals surface area contributed by atoms with E-state index in [9.17, 15) is 14.7 Å².